The zero-order valence-electron chi connectivity index (χ0n) is 14.6. The van der Waals surface area contributed by atoms with Gasteiger partial charge in [0.2, 0.25) is 5.01 Å². The minimum absolute atomic E-state index is 0.0101. The van der Waals surface area contributed by atoms with Crippen molar-refractivity contribution in [3.05, 3.63) is 68.1 Å². The van der Waals surface area contributed by atoms with Crippen LogP contribution in [0.25, 0.3) is 11.1 Å². The minimum Gasteiger partial charge on any atom is -0.504 e. The standard InChI is InChI=1S/C19H15BrClN3O3S/c1-27-16-8-12(13(20)9-15(16)25)7-14(21)18-23-24-19(28-18)17(26)22-10-11-5-3-2-4-6-11/h2-9,25H,10H2,1H3,(H,22,26). The summed E-state index contributed by atoms with van der Waals surface area (Å²) in [6, 6.07) is 12.7. The summed E-state index contributed by atoms with van der Waals surface area (Å²) in [4.78, 5) is 12.3. The number of benzene rings is 2. The molecule has 9 heteroatoms. The number of halogens is 2. The monoisotopic (exact) mass is 479 g/mol. The van der Waals surface area contributed by atoms with Gasteiger partial charge in [0.05, 0.1) is 12.1 Å². The Balaban J connectivity index is 1.74. The molecule has 0 aliphatic carbocycles. The molecule has 3 aromatic rings. The van der Waals surface area contributed by atoms with Crippen LogP contribution in [0, 0.1) is 0 Å². The third-order valence-corrected chi connectivity index (χ3v) is 5.74. The van der Waals surface area contributed by atoms with Crippen LogP contribution in [0.2, 0.25) is 0 Å². The lowest BCUT2D eigenvalue weighted by Gasteiger charge is -2.06. The van der Waals surface area contributed by atoms with Gasteiger partial charge in [-0.15, -0.1) is 10.2 Å². The van der Waals surface area contributed by atoms with Gasteiger partial charge in [0.25, 0.3) is 5.91 Å². The molecule has 0 saturated carbocycles. The molecule has 0 unspecified atom stereocenters. The summed E-state index contributed by atoms with van der Waals surface area (Å²) < 4.78 is 5.74. The normalized spacial score (nSPS) is 11.3. The molecule has 0 fully saturated rings. The largest absolute Gasteiger partial charge is 0.504 e. The molecule has 0 bridgehead atoms. The van der Waals surface area contributed by atoms with E-state index >= 15 is 0 Å². The van der Waals surface area contributed by atoms with Crippen molar-refractivity contribution in [1.29, 1.82) is 0 Å². The third-order valence-electron chi connectivity index (χ3n) is 3.70. The van der Waals surface area contributed by atoms with Crippen molar-refractivity contribution in [3.63, 3.8) is 0 Å². The molecular weight excluding hydrogens is 466 g/mol. The van der Waals surface area contributed by atoms with Gasteiger partial charge in [-0.1, -0.05) is 69.2 Å². The summed E-state index contributed by atoms with van der Waals surface area (Å²) in [6.07, 6.45) is 1.65. The van der Waals surface area contributed by atoms with Crippen LogP contribution in [0.3, 0.4) is 0 Å². The first kappa shape index (κ1) is 20.3. The van der Waals surface area contributed by atoms with E-state index in [-0.39, 0.29) is 16.7 Å². The summed E-state index contributed by atoms with van der Waals surface area (Å²) in [5.41, 5.74) is 1.68. The lowest BCUT2D eigenvalue weighted by atomic mass is 10.2. The number of phenolic OH excluding ortho intramolecular Hbond substituents is 1. The molecule has 28 heavy (non-hydrogen) atoms. The molecule has 0 aliphatic rings. The van der Waals surface area contributed by atoms with Crippen molar-refractivity contribution in [3.8, 4) is 11.5 Å². The minimum atomic E-state index is -0.315. The number of ether oxygens (including phenoxy) is 1. The van der Waals surface area contributed by atoms with Gasteiger partial charge in [-0.05, 0) is 29.3 Å². The summed E-state index contributed by atoms with van der Waals surface area (Å²) in [6.45, 7) is 0.401. The van der Waals surface area contributed by atoms with Gasteiger partial charge in [0, 0.05) is 11.0 Å². The van der Waals surface area contributed by atoms with E-state index in [1.54, 1.807) is 12.1 Å². The van der Waals surface area contributed by atoms with Crippen molar-refractivity contribution in [2.24, 2.45) is 0 Å². The number of phenols is 1. The number of rotatable bonds is 6. The van der Waals surface area contributed by atoms with Gasteiger partial charge in [-0.25, -0.2) is 0 Å². The number of carbonyl (C=O) groups is 1. The zero-order valence-corrected chi connectivity index (χ0v) is 17.8. The van der Waals surface area contributed by atoms with Crippen LogP contribution in [-0.4, -0.2) is 28.3 Å². The Labute approximate surface area is 179 Å². The van der Waals surface area contributed by atoms with Crippen molar-refractivity contribution in [2.45, 2.75) is 6.54 Å². The molecule has 3 rings (SSSR count). The topological polar surface area (TPSA) is 84.3 Å². The molecule has 2 N–H and O–H groups in total. The number of carbonyl (C=O) groups excluding carboxylic acids is 1. The first-order valence-electron chi connectivity index (χ1n) is 8.07. The maximum atomic E-state index is 12.3. The van der Waals surface area contributed by atoms with Crippen LogP contribution in [0.15, 0.2) is 46.9 Å². The summed E-state index contributed by atoms with van der Waals surface area (Å²) in [7, 11) is 1.46. The Kier molecular flexibility index (Phi) is 6.66. The maximum Gasteiger partial charge on any atom is 0.282 e. The number of amides is 1. The average Bonchev–Trinajstić information content (AvgIpc) is 3.19. The molecule has 1 aromatic heterocycles. The fraction of sp³-hybridized carbons (Fsp3) is 0.105. The van der Waals surface area contributed by atoms with Crippen molar-refractivity contribution >= 4 is 55.9 Å². The predicted octanol–water partition coefficient (Wildman–Crippen LogP) is 4.68. The van der Waals surface area contributed by atoms with Gasteiger partial charge >= 0.3 is 0 Å². The van der Waals surface area contributed by atoms with Crippen molar-refractivity contribution < 1.29 is 14.6 Å². The lowest BCUT2D eigenvalue weighted by Crippen LogP contribution is -2.22. The first-order chi connectivity index (χ1) is 13.5. The molecule has 0 atom stereocenters. The number of hydrogen-bond acceptors (Lipinski definition) is 6. The fourth-order valence-electron chi connectivity index (χ4n) is 2.30. The number of aromatic hydroxyl groups is 1. The van der Waals surface area contributed by atoms with Crippen LogP contribution in [0.1, 0.15) is 25.9 Å². The second-order valence-electron chi connectivity index (χ2n) is 5.62. The highest BCUT2D eigenvalue weighted by Gasteiger charge is 2.15. The van der Waals surface area contributed by atoms with Gasteiger partial charge in [-0.3, -0.25) is 4.79 Å². The predicted molar refractivity (Wildman–Crippen MR) is 114 cm³/mol. The molecule has 0 radical (unpaired) electrons. The number of hydrogen-bond donors (Lipinski definition) is 2. The Hall–Kier alpha value is -2.42. The van der Waals surface area contributed by atoms with E-state index in [0.29, 0.717) is 32.4 Å². The summed E-state index contributed by atoms with van der Waals surface area (Å²) in [5, 5.41) is 21.4. The second-order valence-corrected chi connectivity index (χ2v) is 7.86. The Morgan fingerprint density at radius 2 is 2.00 bits per heavy atom. The van der Waals surface area contributed by atoms with Crippen LogP contribution in [0.5, 0.6) is 11.5 Å². The zero-order chi connectivity index (χ0) is 20.1. The highest BCUT2D eigenvalue weighted by molar-refractivity contribution is 9.10. The third kappa shape index (κ3) is 4.89. The average molecular weight is 481 g/mol. The van der Waals surface area contributed by atoms with E-state index < -0.39 is 0 Å². The van der Waals surface area contributed by atoms with E-state index in [2.05, 4.69) is 31.4 Å². The van der Waals surface area contributed by atoms with Gasteiger partial charge < -0.3 is 15.2 Å². The Bertz CT molecular complexity index is 1020. The molecule has 1 amide bonds. The van der Waals surface area contributed by atoms with Gasteiger partial charge in [-0.2, -0.15) is 0 Å². The molecule has 2 aromatic carbocycles. The molecule has 0 spiro atoms. The molecule has 1 heterocycles. The maximum absolute atomic E-state index is 12.3. The fourth-order valence-corrected chi connectivity index (χ4v) is 3.68. The Morgan fingerprint density at radius 3 is 2.71 bits per heavy atom. The van der Waals surface area contributed by atoms with Gasteiger partial charge in [0.15, 0.2) is 16.5 Å². The van der Waals surface area contributed by atoms with E-state index in [1.807, 2.05) is 30.3 Å². The van der Waals surface area contributed by atoms with E-state index in [0.717, 1.165) is 16.9 Å². The van der Waals surface area contributed by atoms with Crippen LogP contribution in [0.4, 0.5) is 0 Å². The SMILES string of the molecule is COc1cc(C=C(Cl)c2nnc(C(=O)NCc3ccccc3)s2)c(Br)cc1O. The van der Waals surface area contributed by atoms with Crippen LogP contribution < -0.4 is 10.1 Å². The molecule has 6 nitrogen and oxygen atoms in total. The highest BCUT2D eigenvalue weighted by Crippen LogP contribution is 2.35. The number of nitrogens with one attached hydrogen (secondary N) is 1. The Morgan fingerprint density at radius 1 is 1.29 bits per heavy atom. The van der Waals surface area contributed by atoms with Gasteiger partial charge in [0.1, 0.15) is 0 Å². The lowest BCUT2D eigenvalue weighted by molar-refractivity contribution is 0.0950. The van der Waals surface area contributed by atoms with E-state index in [4.69, 9.17) is 16.3 Å². The van der Waals surface area contributed by atoms with E-state index in [9.17, 15) is 9.90 Å². The first-order valence-corrected chi connectivity index (χ1v) is 10.1. The molecule has 0 aliphatic heterocycles. The quantitative estimate of drug-likeness (QED) is 0.535. The molecule has 144 valence electrons. The van der Waals surface area contributed by atoms with Crippen LogP contribution in [-0.2, 0) is 6.54 Å². The van der Waals surface area contributed by atoms with E-state index in [1.165, 1.54) is 13.2 Å². The van der Waals surface area contributed by atoms with Crippen LogP contribution >= 0.6 is 38.9 Å². The highest BCUT2D eigenvalue weighted by atomic mass is 79.9. The molecular formula is C19H15BrClN3O3S. The van der Waals surface area contributed by atoms with Crippen molar-refractivity contribution in [2.75, 3.05) is 7.11 Å². The molecule has 0 saturated heterocycles. The smallest absolute Gasteiger partial charge is 0.282 e. The number of methoxy groups -OCH3 is 1. The number of nitrogens with zero attached hydrogens (tertiary/aromatic N) is 2. The van der Waals surface area contributed by atoms with Crippen molar-refractivity contribution in [1.82, 2.24) is 15.5 Å². The summed E-state index contributed by atoms with van der Waals surface area (Å²) >= 11 is 10.8. The number of aromatic nitrogens is 2. The second kappa shape index (κ2) is 9.18. The summed E-state index contributed by atoms with van der Waals surface area (Å²) in [5.74, 6) is 0.0117.